The average molecular weight is 355 g/mol. The van der Waals surface area contributed by atoms with E-state index in [4.69, 9.17) is 9.47 Å². The van der Waals surface area contributed by atoms with Gasteiger partial charge in [0.15, 0.2) is 0 Å². The van der Waals surface area contributed by atoms with E-state index in [-0.39, 0.29) is 12.1 Å². The standard InChI is InChI=1S/C21H25NO4/c1-13-11-20(25-10-9-14(2)26-17(5)24)22-16(4)21(13)19-8-6-7-18(12-23)15(19)3/h6-8,11-12,14H,9-10H2,1-5H3/t14-/m0/s1. The van der Waals surface area contributed by atoms with Crippen LogP contribution in [0.5, 0.6) is 5.88 Å². The molecule has 0 aliphatic heterocycles. The molecule has 2 aromatic rings. The van der Waals surface area contributed by atoms with Crippen molar-refractivity contribution in [2.75, 3.05) is 6.61 Å². The second kappa shape index (κ2) is 8.61. The highest BCUT2D eigenvalue weighted by Crippen LogP contribution is 2.32. The Morgan fingerprint density at radius 1 is 1.27 bits per heavy atom. The summed E-state index contributed by atoms with van der Waals surface area (Å²) in [7, 11) is 0. The number of carbonyl (C=O) groups excluding carboxylic acids is 2. The van der Waals surface area contributed by atoms with Gasteiger partial charge in [-0.25, -0.2) is 4.98 Å². The number of rotatable bonds is 7. The first-order valence-electron chi connectivity index (χ1n) is 8.67. The first kappa shape index (κ1) is 19.6. The molecule has 2 rings (SSSR count). The molecule has 138 valence electrons. The molecule has 0 spiro atoms. The number of aromatic nitrogens is 1. The highest BCUT2D eigenvalue weighted by molar-refractivity contribution is 5.84. The summed E-state index contributed by atoms with van der Waals surface area (Å²) in [5, 5.41) is 0. The van der Waals surface area contributed by atoms with Crippen molar-refractivity contribution in [2.45, 2.75) is 47.1 Å². The third-order valence-corrected chi connectivity index (χ3v) is 4.29. The number of esters is 1. The van der Waals surface area contributed by atoms with Crippen LogP contribution >= 0.6 is 0 Å². The Balaban J connectivity index is 2.19. The smallest absolute Gasteiger partial charge is 0.302 e. The summed E-state index contributed by atoms with van der Waals surface area (Å²) in [6.45, 7) is 9.53. The van der Waals surface area contributed by atoms with Crippen molar-refractivity contribution in [3.8, 4) is 17.0 Å². The predicted octanol–water partition coefficient (Wildman–Crippen LogP) is 4.21. The lowest BCUT2D eigenvalue weighted by atomic mass is 9.93. The van der Waals surface area contributed by atoms with E-state index < -0.39 is 0 Å². The summed E-state index contributed by atoms with van der Waals surface area (Å²) in [5.41, 5.74) is 5.53. The molecule has 0 aliphatic rings. The fraction of sp³-hybridized carbons (Fsp3) is 0.381. The molecule has 0 saturated carbocycles. The number of nitrogens with zero attached hydrogens (tertiary/aromatic N) is 1. The van der Waals surface area contributed by atoms with Crippen LogP contribution in [0.1, 0.15) is 47.4 Å². The lowest BCUT2D eigenvalue weighted by molar-refractivity contribution is -0.145. The summed E-state index contributed by atoms with van der Waals surface area (Å²) < 4.78 is 10.8. The molecule has 0 N–H and O–H groups in total. The zero-order valence-electron chi connectivity index (χ0n) is 16.0. The van der Waals surface area contributed by atoms with E-state index in [1.807, 2.05) is 52.0 Å². The van der Waals surface area contributed by atoms with Gasteiger partial charge in [0.1, 0.15) is 12.4 Å². The fourth-order valence-corrected chi connectivity index (χ4v) is 3.00. The minimum atomic E-state index is -0.292. The number of carbonyl (C=O) groups is 2. The Morgan fingerprint density at radius 2 is 2.00 bits per heavy atom. The molecule has 5 nitrogen and oxygen atoms in total. The van der Waals surface area contributed by atoms with Gasteiger partial charge in [0, 0.05) is 36.2 Å². The van der Waals surface area contributed by atoms with Crippen LogP contribution in [0.25, 0.3) is 11.1 Å². The summed E-state index contributed by atoms with van der Waals surface area (Å²) in [5.74, 6) is 0.252. The van der Waals surface area contributed by atoms with Gasteiger partial charge in [0.2, 0.25) is 5.88 Å². The molecular weight excluding hydrogens is 330 g/mol. The number of ether oxygens (including phenoxy) is 2. The van der Waals surface area contributed by atoms with Crippen LogP contribution in [0.2, 0.25) is 0 Å². The Kier molecular flexibility index (Phi) is 6.50. The SMILES string of the molecule is CC(=O)O[C@@H](C)CCOc1cc(C)c(-c2cccc(C=O)c2C)c(C)n1. The van der Waals surface area contributed by atoms with E-state index in [1.165, 1.54) is 6.92 Å². The van der Waals surface area contributed by atoms with Crippen LogP contribution in [-0.2, 0) is 9.53 Å². The number of hydrogen-bond donors (Lipinski definition) is 0. The third kappa shape index (κ3) is 4.69. The largest absolute Gasteiger partial charge is 0.478 e. The van der Waals surface area contributed by atoms with E-state index >= 15 is 0 Å². The predicted molar refractivity (Wildman–Crippen MR) is 101 cm³/mol. The van der Waals surface area contributed by atoms with Gasteiger partial charge in [-0.3, -0.25) is 9.59 Å². The van der Waals surface area contributed by atoms with Gasteiger partial charge < -0.3 is 9.47 Å². The van der Waals surface area contributed by atoms with Gasteiger partial charge in [-0.2, -0.15) is 0 Å². The molecule has 0 bridgehead atoms. The highest BCUT2D eigenvalue weighted by atomic mass is 16.5. The second-order valence-electron chi connectivity index (χ2n) is 6.43. The number of aldehydes is 1. The number of benzene rings is 1. The van der Waals surface area contributed by atoms with Crippen molar-refractivity contribution in [2.24, 2.45) is 0 Å². The van der Waals surface area contributed by atoms with Crippen LogP contribution in [0.15, 0.2) is 24.3 Å². The van der Waals surface area contributed by atoms with Crippen molar-refractivity contribution in [3.05, 3.63) is 46.6 Å². The maximum Gasteiger partial charge on any atom is 0.302 e. The second-order valence-corrected chi connectivity index (χ2v) is 6.43. The topological polar surface area (TPSA) is 65.5 Å². The zero-order chi connectivity index (χ0) is 19.3. The summed E-state index contributed by atoms with van der Waals surface area (Å²) >= 11 is 0. The van der Waals surface area contributed by atoms with Gasteiger partial charge in [-0.05, 0) is 44.4 Å². The Bertz CT molecular complexity index is 791. The lowest BCUT2D eigenvalue weighted by Crippen LogP contribution is -2.16. The average Bonchev–Trinajstić information content (AvgIpc) is 2.55. The Morgan fingerprint density at radius 3 is 2.62 bits per heavy atom. The van der Waals surface area contributed by atoms with E-state index in [9.17, 15) is 9.59 Å². The van der Waals surface area contributed by atoms with E-state index in [2.05, 4.69) is 4.98 Å². The Labute approximate surface area is 154 Å². The lowest BCUT2D eigenvalue weighted by Gasteiger charge is -2.16. The van der Waals surface area contributed by atoms with E-state index in [0.29, 0.717) is 24.5 Å². The first-order valence-corrected chi connectivity index (χ1v) is 8.67. The van der Waals surface area contributed by atoms with Crippen LogP contribution in [0.4, 0.5) is 0 Å². The number of aryl methyl sites for hydroxylation is 2. The van der Waals surface area contributed by atoms with Gasteiger partial charge in [-0.1, -0.05) is 18.2 Å². The van der Waals surface area contributed by atoms with Crippen molar-refractivity contribution in [1.29, 1.82) is 0 Å². The van der Waals surface area contributed by atoms with Crippen LogP contribution in [-0.4, -0.2) is 30.0 Å². The minimum absolute atomic E-state index is 0.192. The quantitative estimate of drug-likeness (QED) is 0.550. The molecule has 0 aliphatic carbocycles. The fourth-order valence-electron chi connectivity index (χ4n) is 3.00. The monoisotopic (exact) mass is 355 g/mol. The summed E-state index contributed by atoms with van der Waals surface area (Å²) in [4.78, 5) is 26.7. The number of hydrogen-bond acceptors (Lipinski definition) is 5. The van der Waals surface area contributed by atoms with Crippen molar-refractivity contribution in [3.63, 3.8) is 0 Å². The van der Waals surface area contributed by atoms with E-state index in [1.54, 1.807) is 0 Å². The molecule has 0 fully saturated rings. The molecule has 1 atom stereocenters. The van der Waals surface area contributed by atoms with Gasteiger partial charge in [0.25, 0.3) is 0 Å². The highest BCUT2D eigenvalue weighted by Gasteiger charge is 2.14. The van der Waals surface area contributed by atoms with Crippen molar-refractivity contribution in [1.82, 2.24) is 4.98 Å². The maximum atomic E-state index is 11.2. The molecule has 0 amide bonds. The van der Waals surface area contributed by atoms with Gasteiger partial charge in [-0.15, -0.1) is 0 Å². The molecule has 0 radical (unpaired) electrons. The molecule has 1 aromatic carbocycles. The molecule has 26 heavy (non-hydrogen) atoms. The molecule has 1 aromatic heterocycles. The maximum absolute atomic E-state index is 11.2. The van der Waals surface area contributed by atoms with Gasteiger partial charge >= 0.3 is 5.97 Å². The van der Waals surface area contributed by atoms with E-state index in [0.717, 1.165) is 34.2 Å². The van der Waals surface area contributed by atoms with Crippen LogP contribution in [0, 0.1) is 20.8 Å². The first-order chi connectivity index (χ1) is 12.3. The molecule has 5 heteroatoms. The molecule has 0 unspecified atom stereocenters. The summed E-state index contributed by atoms with van der Waals surface area (Å²) in [6, 6.07) is 7.59. The van der Waals surface area contributed by atoms with Gasteiger partial charge in [0.05, 0.1) is 6.61 Å². The van der Waals surface area contributed by atoms with Crippen LogP contribution < -0.4 is 4.74 Å². The van der Waals surface area contributed by atoms with Crippen molar-refractivity contribution < 1.29 is 19.1 Å². The normalized spacial score (nSPS) is 11.7. The minimum Gasteiger partial charge on any atom is -0.478 e. The molecule has 1 heterocycles. The molecule has 0 saturated heterocycles. The van der Waals surface area contributed by atoms with Crippen LogP contribution in [0.3, 0.4) is 0 Å². The zero-order valence-corrected chi connectivity index (χ0v) is 16.0. The van der Waals surface area contributed by atoms with Crippen molar-refractivity contribution >= 4 is 12.3 Å². The summed E-state index contributed by atoms with van der Waals surface area (Å²) in [6.07, 6.45) is 1.28. The third-order valence-electron chi connectivity index (χ3n) is 4.29. The number of pyridine rings is 1. The Hall–Kier alpha value is -2.69. The molecular formula is C21H25NO4.